The predicted octanol–water partition coefficient (Wildman–Crippen LogP) is 4.49. The Hall–Kier alpha value is -1.03. The lowest BCUT2D eigenvalue weighted by atomic mass is 10.1. The Morgan fingerprint density at radius 1 is 1.07 bits per heavy atom. The summed E-state index contributed by atoms with van der Waals surface area (Å²) in [4.78, 5) is 8.67. The highest BCUT2D eigenvalue weighted by Crippen LogP contribution is 2.38. The van der Waals surface area contributed by atoms with Gasteiger partial charge in [-0.25, -0.2) is 9.97 Å². The van der Waals surface area contributed by atoms with Crippen LogP contribution in [0.25, 0.3) is 11.0 Å². The summed E-state index contributed by atoms with van der Waals surface area (Å²) in [5.41, 5.74) is 0.636. The van der Waals surface area contributed by atoms with Crippen LogP contribution in [0.15, 0.2) is 24.8 Å². The molecule has 0 N–H and O–H groups in total. The quantitative estimate of drug-likeness (QED) is 0.635. The molecule has 5 nitrogen and oxygen atoms in total. The second-order valence-electron chi connectivity index (χ2n) is 10.6. The fourth-order valence-corrected chi connectivity index (χ4v) is 4.88. The third-order valence-electron chi connectivity index (χ3n) is 5.43. The maximum atomic E-state index is 6.62. The van der Waals surface area contributed by atoms with E-state index in [1.165, 1.54) is 0 Å². The van der Waals surface area contributed by atoms with Crippen LogP contribution in [-0.2, 0) is 14.4 Å². The first-order valence-corrected chi connectivity index (χ1v) is 13.9. The van der Waals surface area contributed by atoms with E-state index in [2.05, 4.69) is 88.4 Å². The summed E-state index contributed by atoms with van der Waals surface area (Å²) in [5.74, 6) is 0. The molecular formula is C20H37N3O2Si2. The van der Waals surface area contributed by atoms with Gasteiger partial charge in [0, 0.05) is 17.8 Å². The number of hydrogen-bond acceptors (Lipinski definition) is 4. The molecule has 2 rings (SSSR count). The lowest BCUT2D eigenvalue weighted by molar-refractivity contribution is 0.0971. The average molecular weight is 408 g/mol. The van der Waals surface area contributed by atoms with Gasteiger partial charge in [-0.1, -0.05) is 41.5 Å². The molecule has 0 radical (unpaired) electrons. The number of rotatable bonds is 7. The minimum absolute atomic E-state index is 0.176. The van der Waals surface area contributed by atoms with Gasteiger partial charge in [-0.15, -0.1) is 0 Å². The molecule has 2 aromatic heterocycles. The first kappa shape index (κ1) is 22.3. The molecule has 0 amide bonds. The third-order valence-corrected chi connectivity index (χ3v) is 11.2. The molecule has 1 atom stereocenters. The maximum Gasteiger partial charge on any atom is 0.192 e. The molecule has 1 unspecified atom stereocenters. The van der Waals surface area contributed by atoms with Crippen LogP contribution in [0.5, 0.6) is 0 Å². The molecule has 0 saturated carbocycles. The van der Waals surface area contributed by atoms with E-state index >= 15 is 0 Å². The summed E-state index contributed by atoms with van der Waals surface area (Å²) in [6.45, 7) is 21.7. The molecule has 0 aliphatic rings. The SMILES string of the molecule is CC(C)(C)[SiH2]OCC(C)(CO[Si](C)(C)C(C)(C)C)n1ccc2cncnc21. The molecule has 2 aromatic rings. The molecule has 0 aromatic carbocycles. The first-order chi connectivity index (χ1) is 12.3. The normalized spacial score (nSPS) is 16.3. The van der Waals surface area contributed by atoms with Crippen molar-refractivity contribution in [3.05, 3.63) is 24.8 Å². The first-order valence-electron chi connectivity index (χ1n) is 9.75. The van der Waals surface area contributed by atoms with E-state index in [0.717, 1.165) is 11.0 Å². The molecule has 0 spiro atoms. The van der Waals surface area contributed by atoms with Crippen molar-refractivity contribution in [2.24, 2.45) is 0 Å². The highest BCUT2D eigenvalue weighted by Gasteiger charge is 2.40. The van der Waals surface area contributed by atoms with Crippen molar-refractivity contribution in [2.75, 3.05) is 13.2 Å². The minimum atomic E-state index is -1.86. The molecule has 0 aliphatic heterocycles. The van der Waals surface area contributed by atoms with Crippen molar-refractivity contribution >= 4 is 29.1 Å². The smallest absolute Gasteiger partial charge is 0.192 e. The Balaban J connectivity index is 2.31. The summed E-state index contributed by atoms with van der Waals surface area (Å²) in [5, 5.41) is 1.49. The second-order valence-corrected chi connectivity index (χ2v) is 18.2. The molecule has 152 valence electrons. The van der Waals surface area contributed by atoms with Gasteiger partial charge in [0.15, 0.2) is 18.1 Å². The standard InChI is InChI=1S/C20H37N3O2Si2/c1-18(2,3)26-24-13-20(7,14-25-27(8,9)19(4,5)6)23-11-10-16-12-21-15-22-17(16)23/h10-12,15H,13-14,26H2,1-9H3. The summed E-state index contributed by atoms with van der Waals surface area (Å²) in [6.07, 6.45) is 5.56. The van der Waals surface area contributed by atoms with Crippen molar-refractivity contribution in [3.8, 4) is 0 Å². The molecular weight excluding hydrogens is 370 g/mol. The number of nitrogens with zero attached hydrogens (tertiary/aromatic N) is 3. The van der Waals surface area contributed by atoms with Crippen molar-refractivity contribution < 1.29 is 8.85 Å². The van der Waals surface area contributed by atoms with Gasteiger partial charge in [-0.3, -0.25) is 0 Å². The fraction of sp³-hybridized carbons (Fsp3) is 0.700. The number of aromatic nitrogens is 3. The molecule has 0 aliphatic carbocycles. The Kier molecular flexibility index (Phi) is 6.41. The van der Waals surface area contributed by atoms with E-state index in [0.29, 0.717) is 13.2 Å². The Labute approximate surface area is 168 Å². The molecule has 7 heteroatoms. The molecule has 2 heterocycles. The Bertz CT molecular complexity index is 762. The van der Waals surface area contributed by atoms with Crippen LogP contribution in [0, 0.1) is 0 Å². The van der Waals surface area contributed by atoms with Crippen LogP contribution < -0.4 is 0 Å². The summed E-state index contributed by atoms with van der Waals surface area (Å²) in [7, 11) is -2.50. The van der Waals surface area contributed by atoms with E-state index in [1.54, 1.807) is 6.33 Å². The van der Waals surface area contributed by atoms with Gasteiger partial charge in [-0.2, -0.15) is 0 Å². The van der Waals surface area contributed by atoms with Crippen LogP contribution in [0.3, 0.4) is 0 Å². The van der Waals surface area contributed by atoms with E-state index in [4.69, 9.17) is 8.85 Å². The van der Waals surface area contributed by atoms with Gasteiger partial charge in [0.2, 0.25) is 0 Å². The number of fused-ring (bicyclic) bond motifs is 1. The van der Waals surface area contributed by atoms with Gasteiger partial charge < -0.3 is 13.4 Å². The Morgan fingerprint density at radius 3 is 2.33 bits per heavy atom. The van der Waals surface area contributed by atoms with Gasteiger partial charge in [-0.05, 0) is 36.2 Å². The van der Waals surface area contributed by atoms with E-state index in [9.17, 15) is 0 Å². The molecule has 0 bridgehead atoms. The van der Waals surface area contributed by atoms with Crippen LogP contribution in [0.4, 0.5) is 0 Å². The third kappa shape index (κ3) is 5.50. The lowest BCUT2D eigenvalue weighted by Crippen LogP contribution is -2.48. The predicted molar refractivity (Wildman–Crippen MR) is 119 cm³/mol. The molecule has 0 saturated heterocycles. The number of hydrogen-bond donors (Lipinski definition) is 0. The minimum Gasteiger partial charge on any atom is -0.421 e. The van der Waals surface area contributed by atoms with E-state index in [1.807, 2.05) is 6.20 Å². The highest BCUT2D eigenvalue weighted by atomic mass is 28.4. The van der Waals surface area contributed by atoms with E-state index < -0.39 is 18.1 Å². The van der Waals surface area contributed by atoms with Gasteiger partial charge in [0.25, 0.3) is 0 Å². The van der Waals surface area contributed by atoms with Crippen LogP contribution in [-0.4, -0.2) is 45.8 Å². The zero-order valence-corrected chi connectivity index (χ0v) is 21.0. The molecule has 0 fully saturated rings. The van der Waals surface area contributed by atoms with Crippen LogP contribution in [0.2, 0.25) is 23.2 Å². The monoisotopic (exact) mass is 407 g/mol. The summed E-state index contributed by atoms with van der Waals surface area (Å²) < 4.78 is 15.1. The van der Waals surface area contributed by atoms with Crippen molar-refractivity contribution in [1.82, 2.24) is 14.5 Å². The van der Waals surface area contributed by atoms with Crippen molar-refractivity contribution in [3.63, 3.8) is 0 Å². The lowest BCUT2D eigenvalue weighted by Gasteiger charge is -2.41. The topological polar surface area (TPSA) is 49.2 Å². The van der Waals surface area contributed by atoms with E-state index in [-0.39, 0.29) is 15.6 Å². The largest absolute Gasteiger partial charge is 0.421 e. The zero-order valence-electron chi connectivity index (χ0n) is 18.6. The van der Waals surface area contributed by atoms with Crippen LogP contribution in [0.1, 0.15) is 48.5 Å². The van der Waals surface area contributed by atoms with Crippen LogP contribution >= 0.6 is 0 Å². The summed E-state index contributed by atoms with van der Waals surface area (Å²) in [6, 6.07) is 2.07. The highest BCUT2D eigenvalue weighted by molar-refractivity contribution is 6.74. The van der Waals surface area contributed by atoms with Gasteiger partial charge in [0.05, 0.1) is 18.8 Å². The van der Waals surface area contributed by atoms with Crippen molar-refractivity contribution in [2.45, 2.75) is 77.2 Å². The second kappa shape index (κ2) is 7.77. The van der Waals surface area contributed by atoms with Gasteiger partial charge >= 0.3 is 0 Å². The summed E-state index contributed by atoms with van der Waals surface area (Å²) >= 11 is 0. The zero-order chi connectivity index (χ0) is 20.5. The van der Waals surface area contributed by atoms with Crippen molar-refractivity contribution in [1.29, 1.82) is 0 Å². The maximum absolute atomic E-state index is 6.62. The van der Waals surface area contributed by atoms with Gasteiger partial charge in [0.1, 0.15) is 12.0 Å². The molecule has 27 heavy (non-hydrogen) atoms. The fourth-order valence-electron chi connectivity index (χ4n) is 2.62. The Morgan fingerprint density at radius 2 is 1.74 bits per heavy atom. The average Bonchev–Trinajstić information content (AvgIpc) is 2.95.